The Morgan fingerprint density at radius 2 is 0.438 bits per heavy atom. The van der Waals surface area contributed by atoms with Crippen LogP contribution in [0.15, 0.2) is 170 Å². The molecule has 18 heteroatoms. The molecule has 0 aromatic carbocycles. The van der Waals surface area contributed by atoms with Gasteiger partial charge in [-0.25, -0.2) is 9.13 Å². The Bertz CT molecular complexity index is 2880. The van der Waals surface area contributed by atoms with Crippen LogP contribution in [0.25, 0.3) is 0 Å². The highest BCUT2D eigenvalue weighted by Gasteiger charge is 2.30. The maximum atomic E-state index is 13.1. The minimum atomic E-state index is -4.95. The van der Waals surface area contributed by atoms with Gasteiger partial charge in [-0.05, 0) is 154 Å². The first-order valence-electron chi connectivity index (χ1n) is 48.4. The molecule has 0 fully saturated rings. The Labute approximate surface area is 739 Å². The molecule has 0 heterocycles. The van der Waals surface area contributed by atoms with Gasteiger partial charge in [0.1, 0.15) is 25.4 Å². The fourth-order valence-electron chi connectivity index (χ4n) is 13.1. The zero-order valence-electron chi connectivity index (χ0n) is 76.6. The second-order valence-electron chi connectivity index (χ2n) is 32.1. The largest absolute Gasteiger partial charge is 0.472 e. The van der Waals surface area contributed by atoms with Gasteiger partial charge >= 0.3 is 33.6 Å². The number of carbonyl (C=O) groups is 3. The van der Waals surface area contributed by atoms with E-state index in [1.54, 1.807) is 0 Å². The van der Waals surface area contributed by atoms with Gasteiger partial charge in [0.2, 0.25) is 0 Å². The molecule has 0 aromatic heterocycles. The number of phosphoric ester groups is 2. The zero-order valence-corrected chi connectivity index (χ0v) is 78.4. The van der Waals surface area contributed by atoms with Gasteiger partial charge in [0.25, 0.3) is 0 Å². The van der Waals surface area contributed by atoms with Crippen LogP contribution in [0.1, 0.15) is 406 Å². The zero-order chi connectivity index (χ0) is 87.9. The minimum absolute atomic E-state index is 0.0925. The lowest BCUT2D eigenvalue weighted by Gasteiger charge is -2.21. The molecule has 0 radical (unpaired) electrons. The molecule has 5 unspecified atom stereocenters. The molecule has 5 atom stereocenters. The number of ether oxygens (including phenoxy) is 3. The van der Waals surface area contributed by atoms with E-state index in [1.165, 1.54) is 180 Å². The topological polar surface area (TPSA) is 231 Å². The number of esters is 3. The van der Waals surface area contributed by atoms with Crippen molar-refractivity contribution in [1.82, 2.24) is 0 Å². The molecule has 16 nitrogen and oxygen atoms in total. The van der Waals surface area contributed by atoms with E-state index < -0.39 is 91.5 Å². The van der Waals surface area contributed by atoms with Crippen molar-refractivity contribution in [3.8, 4) is 0 Å². The summed E-state index contributed by atoms with van der Waals surface area (Å²) in [6, 6.07) is 0. The van der Waals surface area contributed by atoms with Crippen LogP contribution in [-0.4, -0.2) is 95.9 Å². The summed E-state index contributed by atoms with van der Waals surface area (Å²) < 4.78 is 61.6. The molecule has 0 saturated carbocycles. The summed E-state index contributed by atoms with van der Waals surface area (Å²) in [5, 5.41) is 20.8. The van der Waals surface area contributed by atoms with Crippen molar-refractivity contribution in [2.24, 2.45) is 0 Å². The second-order valence-corrected chi connectivity index (χ2v) is 35.0. The van der Waals surface area contributed by atoms with Crippen molar-refractivity contribution in [3.05, 3.63) is 170 Å². The van der Waals surface area contributed by atoms with Crippen molar-refractivity contribution in [1.29, 1.82) is 0 Å². The predicted molar refractivity (Wildman–Crippen MR) is 509 cm³/mol. The predicted octanol–water partition coefficient (Wildman–Crippen LogP) is 30.2. The van der Waals surface area contributed by atoms with E-state index in [-0.39, 0.29) is 19.3 Å². The summed E-state index contributed by atoms with van der Waals surface area (Å²) in [4.78, 5) is 59.1. The van der Waals surface area contributed by atoms with Crippen molar-refractivity contribution >= 4 is 33.6 Å². The molecule has 0 saturated heterocycles. The number of aliphatic hydroxyl groups excluding tert-OH is 2. The second kappa shape index (κ2) is 94.1. The van der Waals surface area contributed by atoms with Crippen LogP contribution in [0.2, 0.25) is 0 Å². The Balaban J connectivity index is 4.60. The number of rotatable bonds is 91. The summed E-state index contributed by atoms with van der Waals surface area (Å²) in [6.45, 7) is 2.48. The number of carbonyl (C=O) groups excluding carboxylic acids is 3. The van der Waals surface area contributed by atoms with Gasteiger partial charge in [-0.2, -0.15) is 0 Å². The molecule has 4 N–H and O–H groups in total. The molecule has 0 aliphatic heterocycles. The van der Waals surface area contributed by atoms with Crippen LogP contribution >= 0.6 is 15.6 Å². The number of hydrogen-bond acceptors (Lipinski definition) is 14. The molecule has 0 rings (SSSR count). The van der Waals surface area contributed by atoms with Crippen LogP contribution in [0.4, 0.5) is 0 Å². The standard InChI is InChI=1S/C103H176O16P2/c1-4-7-10-13-16-19-22-25-28-31-34-37-40-43-45-46-47-48-49-50-52-55-56-59-62-65-68-71-74-77-80-83-86-89-101(106)113-92-98(104)93-115-120(109,110)116-94-99(105)95-117-121(111,112)118-97-100(119-103(108)91-88-85-82-79-76-73-70-67-64-61-58-53-42-39-36-33-30-27-24-21-18-15-12-9-6-3)96-114-102(107)90-87-84-81-78-75-72-69-66-63-60-57-54-51-44-41-38-35-32-29-26-23-20-17-14-11-8-5-2/h7,9-10,12,16-21,25-30,34-39,43-45,51,53,58,98-100,104-105H,4-6,8,11,13-15,22-24,31-33,40-42,46-50,52,54-57,59-97H2,1-3H3,(H,109,110)(H,111,112)/b10-7-,12-9-,19-16-,20-17-,21-18-,28-25-,29-26-,30-27-,37-34-,38-35-,39-36-,45-43-,51-44-,58-53-. The van der Waals surface area contributed by atoms with E-state index in [0.717, 1.165) is 167 Å². The number of aliphatic hydroxyl groups is 2. The molecule has 0 amide bonds. The first kappa shape index (κ1) is 116. The van der Waals surface area contributed by atoms with Crippen LogP contribution < -0.4 is 0 Å². The first-order chi connectivity index (χ1) is 59.2. The van der Waals surface area contributed by atoms with Gasteiger partial charge in [0.05, 0.1) is 26.4 Å². The SMILES string of the molecule is CC/C=C\C/C=C\C/C=C\C/C=C\C/C=C\CCCCCCCCCCCCCCCCCCCC(=O)OCC(O)COP(=O)(O)OCC(O)COP(=O)(O)OCC(COC(=O)CCCCCCCCCCCCC/C=C\C/C=C\C/C=C\C/C=C\CCCCC)OC(=O)CCCCCCCCCCC/C=C\C/C=C\C/C=C\C/C=C\C/C=C\CC. The number of unbranched alkanes of at least 4 members (excludes halogenated alkanes) is 40. The van der Waals surface area contributed by atoms with Crippen molar-refractivity contribution in [2.45, 2.75) is 424 Å². The van der Waals surface area contributed by atoms with E-state index in [4.69, 9.17) is 32.3 Å². The van der Waals surface area contributed by atoms with Gasteiger partial charge in [0, 0.05) is 19.3 Å². The van der Waals surface area contributed by atoms with Gasteiger partial charge in [-0.15, -0.1) is 0 Å². The maximum Gasteiger partial charge on any atom is 0.472 e. The van der Waals surface area contributed by atoms with E-state index in [0.29, 0.717) is 19.3 Å². The molecule has 0 bridgehead atoms. The molecule has 0 aliphatic rings. The monoisotopic (exact) mass is 1730 g/mol. The fourth-order valence-corrected chi connectivity index (χ4v) is 14.7. The summed E-state index contributed by atoms with van der Waals surface area (Å²) in [5.74, 6) is -1.57. The molecular formula is C103H176O16P2. The van der Waals surface area contributed by atoms with Crippen molar-refractivity contribution in [2.75, 3.05) is 39.6 Å². The average Bonchev–Trinajstić information content (AvgIpc) is 0.908. The summed E-state index contributed by atoms with van der Waals surface area (Å²) in [6.07, 6.45) is 123. The maximum absolute atomic E-state index is 13.1. The fraction of sp³-hybridized carbons (Fsp3) is 0.699. The summed E-state index contributed by atoms with van der Waals surface area (Å²) in [5.41, 5.74) is 0. The van der Waals surface area contributed by atoms with E-state index in [2.05, 4.69) is 191 Å². The highest BCUT2D eigenvalue weighted by Crippen LogP contribution is 2.45. The van der Waals surface area contributed by atoms with Crippen molar-refractivity contribution in [3.63, 3.8) is 0 Å². The third-order valence-electron chi connectivity index (χ3n) is 20.4. The van der Waals surface area contributed by atoms with Gasteiger partial charge < -0.3 is 34.2 Å². The Morgan fingerprint density at radius 1 is 0.240 bits per heavy atom. The minimum Gasteiger partial charge on any atom is -0.463 e. The smallest absolute Gasteiger partial charge is 0.463 e. The third-order valence-corrected chi connectivity index (χ3v) is 22.3. The molecular weight excluding hydrogens is 1560 g/mol. The van der Waals surface area contributed by atoms with Gasteiger partial charge in [-0.3, -0.25) is 32.5 Å². The lowest BCUT2D eigenvalue weighted by atomic mass is 10.0. The first-order valence-corrected chi connectivity index (χ1v) is 51.4. The van der Waals surface area contributed by atoms with Crippen LogP contribution in [0.3, 0.4) is 0 Å². The molecule has 0 spiro atoms. The summed E-state index contributed by atoms with van der Waals surface area (Å²) >= 11 is 0. The lowest BCUT2D eigenvalue weighted by Crippen LogP contribution is -2.30. The molecule has 121 heavy (non-hydrogen) atoms. The third kappa shape index (κ3) is 95.4. The van der Waals surface area contributed by atoms with Crippen LogP contribution in [0.5, 0.6) is 0 Å². The Hall–Kier alpha value is -5.09. The number of phosphoric acid groups is 2. The molecule has 694 valence electrons. The number of hydrogen-bond donors (Lipinski definition) is 4. The van der Waals surface area contributed by atoms with E-state index in [1.807, 2.05) is 0 Å². The normalized spacial score (nSPS) is 14.5. The number of allylic oxidation sites excluding steroid dienone is 28. The highest BCUT2D eigenvalue weighted by atomic mass is 31.2. The summed E-state index contributed by atoms with van der Waals surface area (Å²) in [7, 11) is -9.82. The van der Waals surface area contributed by atoms with Crippen LogP contribution in [0, 0.1) is 0 Å². The average molecular weight is 1730 g/mol. The van der Waals surface area contributed by atoms with Gasteiger partial charge in [0.15, 0.2) is 6.10 Å². The molecule has 0 aliphatic carbocycles. The van der Waals surface area contributed by atoms with Crippen molar-refractivity contribution < 1.29 is 75.8 Å². The Kier molecular flexibility index (Phi) is 90.1. The van der Waals surface area contributed by atoms with E-state index in [9.17, 15) is 43.5 Å². The highest BCUT2D eigenvalue weighted by molar-refractivity contribution is 7.47. The van der Waals surface area contributed by atoms with Crippen LogP contribution in [-0.2, 0) is 55.8 Å². The Morgan fingerprint density at radius 3 is 0.694 bits per heavy atom. The molecule has 0 aromatic rings. The van der Waals surface area contributed by atoms with E-state index >= 15 is 0 Å². The quantitative estimate of drug-likeness (QED) is 0.0146. The van der Waals surface area contributed by atoms with Gasteiger partial charge in [-0.1, -0.05) is 403 Å². The lowest BCUT2D eigenvalue weighted by molar-refractivity contribution is -0.161.